The number of hydrogen-bond acceptors (Lipinski definition) is 3. The summed E-state index contributed by atoms with van der Waals surface area (Å²) in [6.45, 7) is 8.55. The Morgan fingerprint density at radius 2 is 2.06 bits per heavy atom. The maximum absolute atomic E-state index is 7.46. The highest BCUT2D eigenvalue weighted by atomic mass is 15.3. The van der Waals surface area contributed by atoms with Gasteiger partial charge in [0.25, 0.3) is 0 Å². The van der Waals surface area contributed by atoms with Crippen molar-refractivity contribution in [2.24, 2.45) is 0 Å². The Bertz CT molecular complexity index is 503. The van der Waals surface area contributed by atoms with Gasteiger partial charge in [0.05, 0.1) is 5.69 Å². The standard InChI is InChI=1S/C15H23N3/c1-5-14-10-13(12(2)3)11-15(16-14)18-8-6-17(4)7-9-18/h5,10-12H,1,6-9H2,2-4H3/i4D3. The van der Waals surface area contributed by atoms with Crippen LogP contribution in [-0.2, 0) is 0 Å². The summed E-state index contributed by atoms with van der Waals surface area (Å²) in [7, 11) is 0. The van der Waals surface area contributed by atoms with Gasteiger partial charge in [0.15, 0.2) is 0 Å². The maximum atomic E-state index is 7.46. The summed E-state index contributed by atoms with van der Waals surface area (Å²) < 4.78 is 22.4. The normalized spacial score (nSPS) is 20.4. The van der Waals surface area contributed by atoms with Crippen molar-refractivity contribution in [2.75, 3.05) is 38.1 Å². The molecule has 0 bridgehead atoms. The molecule has 0 aliphatic carbocycles. The van der Waals surface area contributed by atoms with Gasteiger partial charge in [0.2, 0.25) is 0 Å². The summed E-state index contributed by atoms with van der Waals surface area (Å²) in [5, 5.41) is 0. The summed E-state index contributed by atoms with van der Waals surface area (Å²) in [5.41, 5.74) is 2.10. The SMILES string of the molecule is [2H]C([2H])([2H])N1CCN(c2cc(C(C)C)cc(C=C)n2)CC1. The zero-order valence-corrected chi connectivity index (χ0v) is 11.2. The molecule has 3 heteroatoms. The van der Waals surface area contributed by atoms with Crippen LogP contribution in [0.2, 0.25) is 0 Å². The molecule has 0 spiro atoms. The molecule has 0 radical (unpaired) electrons. The van der Waals surface area contributed by atoms with E-state index in [1.54, 1.807) is 11.0 Å². The Hall–Kier alpha value is -1.35. The summed E-state index contributed by atoms with van der Waals surface area (Å²) in [6, 6.07) is 4.16. The predicted octanol–water partition coefficient (Wildman–Crippen LogP) is 2.60. The highest BCUT2D eigenvalue weighted by molar-refractivity contribution is 5.52. The number of rotatable bonds is 3. The van der Waals surface area contributed by atoms with E-state index < -0.39 is 6.98 Å². The number of likely N-dealkylation sites (N-methyl/N-ethyl adjacent to an activating group) is 1. The lowest BCUT2D eigenvalue weighted by Crippen LogP contribution is -2.44. The van der Waals surface area contributed by atoms with E-state index in [-0.39, 0.29) is 0 Å². The molecule has 0 aromatic carbocycles. The van der Waals surface area contributed by atoms with Gasteiger partial charge in [-0.2, -0.15) is 0 Å². The van der Waals surface area contributed by atoms with Crippen LogP contribution in [0, 0.1) is 0 Å². The number of aromatic nitrogens is 1. The molecule has 0 atom stereocenters. The van der Waals surface area contributed by atoms with Gasteiger partial charge in [0.1, 0.15) is 5.82 Å². The molecule has 0 amide bonds. The number of pyridine rings is 1. The highest BCUT2D eigenvalue weighted by Gasteiger charge is 2.16. The molecule has 1 aliphatic rings. The van der Waals surface area contributed by atoms with E-state index in [1.807, 2.05) is 0 Å². The third-order valence-electron chi connectivity index (χ3n) is 3.33. The van der Waals surface area contributed by atoms with Crippen LogP contribution < -0.4 is 4.90 Å². The molecule has 0 unspecified atom stereocenters. The minimum Gasteiger partial charge on any atom is -0.354 e. The van der Waals surface area contributed by atoms with Crippen molar-refractivity contribution in [1.82, 2.24) is 9.88 Å². The Kier molecular flexibility index (Phi) is 2.94. The molecule has 1 fully saturated rings. The Morgan fingerprint density at radius 3 is 2.61 bits per heavy atom. The summed E-state index contributed by atoms with van der Waals surface area (Å²) in [5.74, 6) is 1.34. The van der Waals surface area contributed by atoms with Gasteiger partial charge in [-0.25, -0.2) is 4.98 Å². The lowest BCUT2D eigenvalue weighted by molar-refractivity contribution is 0.312. The number of hydrogen-bond donors (Lipinski definition) is 0. The lowest BCUT2D eigenvalue weighted by Gasteiger charge is -2.33. The van der Waals surface area contributed by atoms with E-state index in [9.17, 15) is 0 Å². The van der Waals surface area contributed by atoms with Gasteiger partial charge < -0.3 is 9.80 Å². The second-order valence-electron chi connectivity index (χ2n) is 5.02. The fourth-order valence-corrected chi connectivity index (χ4v) is 2.09. The van der Waals surface area contributed by atoms with Gasteiger partial charge in [-0.15, -0.1) is 0 Å². The average Bonchev–Trinajstić information content (AvgIpc) is 2.46. The quantitative estimate of drug-likeness (QED) is 0.819. The number of anilines is 1. The molecule has 2 rings (SSSR count). The van der Waals surface area contributed by atoms with Crippen LogP contribution in [0.4, 0.5) is 5.82 Å². The van der Waals surface area contributed by atoms with Crippen LogP contribution in [0.15, 0.2) is 18.7 Å². The molecule has 1 saturated heterocycles. The monoisotopic (exact) mass is 248 g/mol. The maximum Gasteiger partial charge on any atom is 0.129 e. The van der Waals surface area contributed by atoms with Crippen LogP contribution in [0.3, 0.4) is 0 Å². The zero-order valence-electron chi connectivity index (χ0n) is 14.2. The first kappa shape index (κ1) is 9.56. The second-order valence-corrected chi connectivity index (χ2v) is 5.02. The molecular weight excluding hydrogens is 222 g/mol. The highest BCUT2D eigenvalue weighted by Crippen LogP contribution is 2.22. The molecule has 0 saturated carbocycles. The van der Waals surface area contributed by atoms with Crippen LogP contribution in [-0.4, -0.2) is 43.0 Å². The predicted molar refractivity (Wildman–Crippen MR) is 78.1 cm³/mol. The van der Waals surface area contributed by atoms with E-state index in [0.717, 1.165) is 11.5 Å². The number of piperazine rings is 1. The Morgan fingerprint density at radius 1 is 1.33 bits per heavy atom. The molecule has 3 nitrogen and oxygen atoms in total. The van der Waals surface area contributed by atoms with Crippen molar-refractivity contribution in [3.63, 3.8) is 0 Å². The first-order valence-corrected chi connectivity index (χ1v) is 6.45. The molecule has 1 aliphatic heterocycles. The molecule has 1 aromatic rings. The van der Waals surface area contributed by atoms with E-state index >= 15 is 0 Å². The molecule has 0 N–H and O–H groups in total. The molecule has 18 heavy (non-hydrogen) atoms. The third kappa shape index (κ3) is 2.91. The fraction of sp³-hybridized carbons (Fsp3) is 0.533. The molecule has 98 valence electrons. The topological polar surface area (TPSA) is 19.4 Å². The largest absolute Gasteiger partial charge is 0.354 e. The van der Waals surface area contributed by atoms with Gasteiger partial charge in [0, 0.05) is 30.3 Å². The van der Waals surface area contributed by atoms with Crippen LogP contribution >= 0.6 is 0 Å². The van der Waals surface area contributed by atoms with Crippen molar-refractivity contribution in [2.45, 2.75) is 19.8 Å². The van der Waals surface area contributed by atoms with Crippen molar-refractivity contribution in [1.29, 1.82) is 0 Å². The average molecular weight is 248 g/mol. The van der Waals surface area contributed by atoms with Crippen molar-refractivity contribution < 1.29 is 4.11 Å². The second kappa shape index (κ2) is 5.53. The molecule has 2 heterocycles. The lowest BCUT2D eigenvalue weighted by atomic mass is 10.0. The van der Waals surface area contributed by atoms with Crippen molar-refractivity contribution in [3.8, 4) is 0 Å². The summed E-state index contributed by atoms with van der Waals surface area (Å²) in [4.78, 5) is 8.29. The minimum absolute atomic E-state index is 0.425. The van der Waals surface area contributed by atoms with Crippen LogP contribution in [0.1, 0.15) is 35.1 Å². The van der Waals surface area contributed by atoms with E-state index in [2.05, 4.69) is 42.4 Å². The van der Waals surface area contributed by atoms with Crippen molar-refractivity contribution >= 4 is 11.9 Å². The smallest absolute Gasteiger partial charge is 0.129 e. The minimum atomic E-state index is -1.99. The van der Waals surface area contributed by atoms with Gasteiger partial charge in [-0.1, -0.05) is 20.4 Å². The van der Waals surface area contributed by atoms with Crippen molar-refractivity contribution in [3.05, 3.63) is 30.0 Å². The van der Waals surface area contributed by atoms with Gasteiger partial charge in [-0.3, -0.25) is 0 Å². The number of nitrogens with zero attached hydrogens (tertiary/aromatic N) is 3. The molecule has 1 aromatic heterocycles. The van der Waals surface area contributed by atoms with Crippen LogP contribution in [0.5, 0.6) is 0 Å². The van der Waals surface area contributed by atoms with E-state index in [1.165, 1.54) is 5.56 Å². The van der Waals surface area contributed by atoms with Crippen LogP contribution in [0.25, 0.3) is 6.08 Å². The Balaban J connectivity index is 2.16. The summed E-state index contributed by atoms with van der Waals surface area (Å²) >= 11 is 0. The first-order chi connectivity index (χ1) is 9.81. The Labute approximate surface area is 114 Å². The van der Waals surface area contributed by atoms with E-state index in [4.69, 9.17) is 4.11 Å². The zero-order chi connectivity index (χ0) is 15.6. The summed E-state index contributed by atoms with van der Waals surface area (Å²) in [6.07, 6.45) is 1.76. The molecular formula is C15H23N3. The fourth-order valence-electron chi connectivity index (χ4n) is 2.09. The third-order valence-corrected chi connectivity index (χ3v) is 3.33. The van der Waals surface area contributed by atoms with E-state index in [0.29, 0.717) is 32.1 Å². The first-order valence-electron chi connectivity index (χ1n) is 7.95. The van der Waals surface area contributed by atoms with Gasteiger partial charge >= 0.3 is 0 Å². The van der Waals surface area contributed by atoms with Gasteiger partial charge in [-0.05, 0) is 36.7 Å².